The normalized spacial score (nSPS) is 27.1. The van der Waals surface area contributed by atoms with Gasteiger partial charge in [-0.2, -0.15) is 0 Å². The molecule has 1 saturated carbocycles. The lowest BCUT2D eigenvalue weighted by Crippen LogP contribution is -2.30. The van der Waals surface area contributed by atoms with Gasteiger partial charge >= 0.3 is 0 Å². The van der Waals surface area contributed by atoms with Crippen LogP contribution in [0.3, 0.4) is 0 Å². The topological polar surface area (TPSA) is 66.4 Å². The van der Waals surface area contributed by atoms with Crippen LogP contribution in [0.2, 0.25) is 0 Å². The second-order valence-corrected chi connectivity index (χ2v) is 6.73. The molecule has 0 heterocycles. The first-order chi connectivity index (χ1) is 7.03. The lowest BCUT2D eigenvalue weighted by atomic mass is 9.97. The Morgan fingerprint density at radius 2 is 2.00 bits per heavy atom. The van der Waals surface area contributed by atoms with Crippen LogP contribution in [0.15, 0.2) is 0 Å². The van der Waals surface area contributed by atoms with Crippen LogP contribution in [0, 0.1) is 11.8 Å². The first kappa shape index (κ1) is 12.9. The van der Waals surface area contributed by atoms with Crippen molar-refractivity contribution in [1.29, 1.82) is 0 Å². The molecule has 15 heavy (non-hydrogen) atoms. The Morgan fingerprint density at radius 1 is 1.33 bits per heavy atom. The molecular weight excluding hydrogens is 214 g/mol. The van der Waals surface area contributed by atoms with Crippen LogP contribution in [0.5, 0.6) is 0 Å². The van der Waals surface area contributed by atoms with Gasteiger partial charge < -0.3 is 10.4 Å². The minimum atomic E-state index is -2.85. The summed E-state index contributed by atoms with van der Waals surface area (Å²) in [4.78, 5) is 0. The summed E-state index contributed by atoms with van der Waals surface area (Å²) in [5.74, 6) is 1.13. The smallest absolute Gasteiger partial charge is 0.148 e. The Kier molecular flexibility index (Phi) is 5.02. The molecule has 2 unspecified atom stereocenters. The number of sulfone groups is 1. The summed E-state index contributed by atoms with van der Waals surface area (Å²) in [7, 11) is -2.85. The molecule has 0 amide bonds. The fourth-order valence-electron chi connectivity index (χ4n) is 2.17. The third kappa shape index (κ3) is 4.95. The summed E-state index contributed by atoms with van der Waals surface area (Å²) in [6.45, 7) is 1.62. The van der Waals surface area contributed by atoms with Crippen molar-refractivity contribution in [1.82, 2.24) is 5.32 Å². The zero-order valence-corrected chi connectivity index (χ0v) is 10.1. The molecule has 0 bridgehead atoms. The highest BCUT2D eigenvalue weighted by atomic mass is 32.2. The Bertz CT molecular complexity index is 276. The highest BCUT2D eigenvalue weighted by molar-refractivity contribution is 7.90. The van der Waals surface area contributed by atoms with E-state index in [4.69, 9.17) is 5.11 Å². The van der Waals surface area contributed by atoms with Gasteiger partial charge in [0.1, 0.15) is 9.84 Å². The van der Waals surface area contributed by atoms with Crippen molar-refractivity contribution in [3.05, 3.63) is 0 Å². The SMILES string of the molecule is CS(=O)(=O)CCNCC1CCCC1CO. The number of aliphatic hydroxyl groups excluding tert-OH is 1. The number of hydrogen-bond donors (Lipinski definition) is 2. The maximum atomic E-state index is 10.9. The summed E-state index contributed by atoms with van der Waals surface area (Å²) in [6.07, 6.45) is 4.69. The second kappa shape index (κ2) is 5.82. The fourth-order valence-corrected chi connectivity index (χ4v) is 2.68. The van der Waals surface area contributed by atoms with E-state index in [2.05, 4.69) is 5.32 Å². The summed E-state index contributed by atoms with van der Waals surface area (Å²) < 4.78 is 21.7. The number of hydrogen-bond acceptors (Lipinski definition) is 4. The van der Waals surface area contributed by atoms with Gasteiger partial charge in [0.25, 0.3) is 0 Å². The van der Waals surface area contributed by atoms with Crippen LogP contribution in [0.25, 0.3) is 0 Å². The zero-order chi connectivity index (χ0) is 11.3. The maximum Gasteiger partial charge on any atom is 0.148 e. The van der Waals surface area contributed by atoms with Gasteiger partial charge in [0.05, 0.1) is 5.75 Å². The molecule has 0 aromatic carbocycles. The average Bonchev–Trinajstić information content (AvgIpc) is 2.58. The minimum Gasteiger partial charge on any atom is -0.396 e. The Labute approximate surface area is 92.0 Å². The summed E-state index contributed by atoms with van der Waals surface area (Å²) in [5, 5.41) is 12.3. The van der Waals surface area contributed by atoms with E-state index in [-0.39, 0.29) is 12.4 Å². The van der Waals surface area contributed by atoms with Crippen LogP contribution in [0.1, 0.15) is 19.3 Å². The number of rotatable bonds is 6. The van der Waals surface area contributed by atoms with E-state index < -0.39 is 9.84 Å². The third-order valence-electron chi connectivity index (χ3n) is 3.11. The molecule has 0 aromatic heterocycles. The van der Waals surface area contributed by atoms with Gasteiger partial charge in [-0.1, -0.05) is 6.42 Å². The molecule has 0 radical (unpaired) electrons. The molecular formula is C10H21NO3S. The number of aliphatic hydroxyl groups is 1. The van der Waals surface area contributed by atoms with Gasteiger partial charge in [0, 0.05) is 19.4 Å². The van der Waals surface area contributed by atoms with Gasteiger partial charge in [-0.15, -0.1) is 0 Å². The third-order valence-corrected chi connectivity index (χ3v) is 4.05. The van der Waals surface area contributed by atoms with Crippen LogP contribution in [-0.4, -0.2) is 45.2 Å². The Hall–Kier alpha value is -0.130. The Morgan fingerprint density at radius 3 is 2.60 bits per heavy atom. The van der Waals surface area contributed by atoms with Crippen LogP contribution >= 0.6 is 0 Å². The summed E-state index contributed by atoms with van der Waals surface area (Å²) in [6, 6.07) is 0. The van der Waals surface area contributed by atoms with Crippen molar-refractivity contribution in [3.63, 3.8) is 0 Å². The van der Waals surface area contributed by atoms with Crippen LogP contribution in [0.4, 0.5) is 0 Å². The predicted molar refractivity (Wildman–Crippen MR) is 60.5 cm³/mol. The zero-order valence-electron chi connectivity index (χ0n) is 9.28. The predicted octanol–water partition coefficient (Wildman–Crippen LogP) is 0.0292. The van der Waals surface area contributed by atoms with Gasteiger partial charge in [-0.25, -0.2) is 8.42 Å². The molecule has 2 atom stereocenters. The standard InChI is InChI=1S/C10H21NO3S/c1-15(13,14)6-5-11-7-9-3-2-4-10(9)8-12/h9-12H,2-8H2,1H3. The summed E-state index contributed by atoms with van der Waals surface area (Å²) >= 11 is 0. The highest BCUT2D eigenvalue weighted by Gasteiger charge is 2.25. The largest absolute Gasteiger partial charge is 0.396 e. The first-order valence-corrected chi connectivity index (χ1v) is 7.58. The Balaban J connectivity index is 2.15. The summed E-state index contributed by atoms with van der Waals surface area (Å²) in [5.41, 5.74) is 0. The molecule has 0 spiro atoms. The molecule has 0 aliphatic heterocycles. The molecule has 90 valence electrons. The average molecular weight is 235 g/mol. The number of nitrogens with one attached hydrogen (secondary N) is 1. The van der Waals surface area contributed by atoms with Crippen molar-refractivity contribution in [2.75, 3.05) is 31.7 Å². The van der Waals surface area contributed by atoms with Gasteiger partial charge in [-0.3, -0.25) is 0 Å². The van der Waals surface area contributed by atoms with E-state index in [1.165, 1.54) is 12.7 Å². The molecule has 1 aliphatic rings. The second-order valence-electron chi connectivity index (χ2n) is 4.47. The molecule has 4 nitrogen and oxygen atoms in total. The fraction of sp³-hybridized carbons (Fsp3) is 1.00. The van der Waals surface area contributed by atoms with E-state index >= 15 is 0 Å². The highest BCUT2D eigenvalue weighted by Crippen LogP contribution is 2.30. The van der Waals surface area contributed by atoms with Crippen molar-refractivity contribution in [2.24, 2.45) is 11.8 Å². The first-order valence-electron chi connectivity index (χ1n) is 5.52. The van der Waals surface area contributed by atoms with E-state index in [1.54, 1.807) is 0 Å². The van der Waals surface area contributed by atoms with E-state index in [0.717, 1.165) is 19.4 Å². The molecule has 1 aliphatic carbocycles. The van der Waals surface area contributed by atoms with Gasteiger partial charge in [-0.05, 0) is 31.2 Å². The van der Waals surface area contributed by atoms with Crippen molar-refractivity contribution < 1.29 is 13.5 Å². The van der Waals surface area contributed by atoms with Crippen molar-refractivity contribution >= 4 is 9.84 Å². The van der Waals surface area contributed by atoms with Crippen LogP contribution < -0.4 is 5.32 Å². The minimum absolute atomic E-state index is 0.198. The molecule has 1 rings (SSSR count). The maximum absolute atomic E-state index is 10.9. The van der Waals surface area contributed by atoms with Crippen molar-refractivity contribution in [2.45, 2.75) is 19.3 Å². The monoisotopic (exact) mass is 235 g/mol. The van der Waals surface area contributed by atoms with Crippen LogP contribution in [-0.2, 0) is 9.84 Å². The van der Waals surface area contributed by atoms with Crippen molar-refractivity contribution in [3.8, 4) is 0 Å². The molecule has 1 fully saturated rings. The van der Waals surface area contributed by atoms with Gasteiger partial charge in [0.2, 0.25) is 0 Å². The molecule has 0 aromatic rings. The lowest BCUT2D eigenvalue weighted by Gasteiger charge is -2.17. The molecule has 2 N–H and O–H groups in total. The van der Waals surface area contributed by atoms with Gasteiger partial charge in [0.15, 0.2) is 0 Å². The molecule has 0 saturated heterocycles. The quantitative estimate of drug-likeness (QED) is 0.637. The van der Waals surface area contributed by atoms with E-state index in [0.29, 0.717) is 18.4 Å². The molecule has 5 heteroatoms. The van der Waals surface area contributed by atoms with E-state index in [9.17, 15) is 8.42 Å². The van der Waals surface area contributed by atoms with E-state index in [1.807, 2.05) is 0 Å². The lowest BCUT2D eigenvalue weighted by molar-refractivity contribution is 0.193.